The van der Waals surface area contributed by atoms with Crippen LogP contribution in [0.2, 0.25) is 0 Å². The van der Waals surface area contributed by atoms with E-state index in [0.29, 0.717) is 12.8 Å². The highest BCUT2D eigenvalue weighted by molar-refractivity contribution is 6.05. The lowest BCUT2D eigenvalue weighted by atomic mass is 9.74. The normalized spacial score (nSPS) is 11.4. The van der Waals surface area contributed by atoms with Crippen molar-refractivity contribution in [3.05, 3.63) is 0 Å². The summed E-state index contributed by atoms with van der Waals surface area (Å²) in [6.07, 6.45) is 14.1. The lowest BCUT2D eigenvalue weighted by molar-refractivity contribution is -0.168. The molecule has 0 heterocycles. The van der Waals surface area contributed by atoms with Gasteiger partial charge in [-0.05, 0) is 19.8 Å². The summed E-state index contributed by atoms with van der Waals surface area (Å²) in [5, 5.41) is 0. The molecule has 0 radical (unpaired) electrons. The van der Waals surface area contributed by atoms with Gasteiger partial charge in [0.25, 0.3) is 0 Å². The van der Waals surface area contributed by atoms with Crippen LogP contribution in [0.25, 0.3) is 0 Å². The summed E-state index contributed by atoms with van der Waals surface area (Å²) in [5.74, 6) is -1.43. The van der Waals surface area contributed by atoms with E-state index in [9.17, 15) is 14.4 Å². The molecule has 0 aromatic heterocycles. The molecule has 4 heteroatoms. The van der Waals surface area contributed by atoms with E-state index in [0.717, 1.165) is 38.5 Å². The molecule has 0 rings (SSSR count). The highest BCUT2D eigenvalue weighted by atomic mass is 16.6. The lowest BCUT2D eigenvalue weighted by Crippen LogP contribution is -2.40. The van der Waals surface area contributed by atoms with Gasteiger partial charge in [0.1, 0.15) is 11.2 Å². The molecule has 0 aromatic rings. The first kappa shape index (κ1) is 24.8. The van der Waals surface area contributed by atoms with Crippen LogP contribution in [-0.2, 0) is 19.1 Å². The number of unbranched alkanes of at least 4 members (excludes halogenated alkanes) is 10. The van der Waals surface area contributed by atoms with Gasteiger partial charge in [-0.1, -0.05) is 90.9 Å². The average molecular weight is 369 g/mol. The monoisotopic (exact) mass is 368 g/mol. The number of hydrogen-bond donors (Lipinski definition) is 0. The molecule has 0 atom stereocenters. The van der Waals surface area contributed by atoms with Crippen LogP contribution in [0, 0.1) is 5.41 Å². The summed E-state index contributed by atoms with van der Waals surface area (Å²) in [4.78, 5) is 36.3. The Morgan fingerprint density at radius 3 is 1.38 bits per heavy atom. The first-order chi connectivity index (χ1) is 12.4. The first-order valence-electron chi connectivity index (χ1n) is 10.6. The summed E-state index contributed by atoms with van der Waals surface area (Å²) in [6, 6.07) is 0. The van der Waals surface area contributed by atoms with Crippen LogP contribution < -0.4 is 0 Å². The second-order valence-corrected chi connectivity index (χ2v) is 7.55. The fourth-order valence-electron chi connectivity index (χ4n) is 3.47. The van der Waals surface area contributed by atoms with Gasteiger partial charge in [-0.25, -0.2) is 0 Å². The number of Topliss-reactive ketones (excluding diaryl/α,β-unsaturated/α-hetero) is 1. The van der Waals surface area contributed by atoms with Crippen LogP contribution in [0.3, 0.4) is 0 Å². The molecule has 0 unspecified atom stereocenters. The maximum absolute atomic E-state index is 12.6. The summed E-state index contributed by atoms with van der Waals surface area (Å²) >= 11 is 0. The summed E-state index contributed by atoms with van der Waals surface area (Å²) in [6.45, 7) is 7.05. The van der Waals surface area contributed by atoms with Crippen LogP contribution in [-0.4, -0.2) is 17.7 Å². The van der Waals surface area contributed by atoms with Crippen molar-refractivity contribution in [3.8, 4) is 0 Å². The van der Waals surface area contributed by atoms with Gasteiger partial charge in [-0.2, -0.15) is 0 Å². The van der Waals surface area contributed by atoms with Crippen molar-refractivity contribution >= 4 is 17.7 Å². The van der Waals surface area contributed by atoms with Crippen molar-refractivity contribution in [2.45, 2.75) is 118 Å². The fourth-order valence-corrected chi connectivity index (χ4v) is 3.47. The molecule has 0 aromatic carbocycles. The Hall–Kier alpha value is -1.19. The minimum atomic E-state index is -1.14. The number of ketones is 1. The molecule has 0 aliphatic carbocycles. The van der Waals surface area contributed by atoms with Crippen molar-refractivity contribution in [2.75, 3.05) is 0 Å². The third-order valence-corrected chi connectivity index (χ3v) is 5.22. The second kappa shape index (κ2) is 14.9. The summed E-state index contributed by atoms with van der Waals surface area (Å²) in [7, 11) is 0. The van der Waals surface area contributed by atoms with E-state index in [1.165, 1.54) is 52.4 Å². The molecule has 0 amide bonds. The van der Waals surface area contributed by atoms with E-state index >= 15 is 0 Å². The maximum Gasteiger partial charge on any atom is 0.327 e. The standard InChI is InChI=1S/C22H40O4/c1-5-7-9-11-13-15-17-22(19(3)23,21(25)26-20(4)24)18-16-14-12-10-8-6-2/h5-18H2,1-4H3. The highest BCUT2D eigenvalue weighted by Crippen LogP contribution is 2.35. The predicted octanol–water partition coefficient (Wildman–Crippen LogP) is 6.15. The van der Waals surface area contributed by atoms with Crippen LogP contribution >= 0.6 is 0 Å². The minimum absolute atomic E-state index is 0.161. The third kappa shape index (κ3) is 10.1. The zero-order valence-electron chi connectivity index (χ0n) is 17.5. The molecule has 0 fully saturated rings. The molecule has 4 nitrogen and oxygen atoms in total. The number of carbonyl (C=O) groups is 3. The van der Waals surface area contributed by atoms with Gasteiger partial charge in [0.15, 0.2) is 0 Å². The van der Waals surface area contributed by atoms with Gasteiger partial charge in [-0.15, -0.1) is 0 Å². The number of ether oxygens (including phenoxy) is 1. The molecule has 152 valence electrons. The quantitative estimate of drug-likeness (QED) is 0.186. The Balaban J connectivity index is 4.76. The zero-order chi connectivity index (χ0) is 19.8. The van der Waals surface area contributed by atoms with Gasteiger partial charge < -0.3 is 4.74 Å². The molecule has 0 N–H and O–H groups in total. The average Bonchev–Trinajstić information content (AvgIpc) is 2.58. The van der Waals surface area contributed by atoms with Crippen LogP contribution in [0.1, 0.15) is 118 Å². The highest BCUT2D eigenvalue weighted by Gasteiger charge is 2.44. The van der Waals surface area contributed by atoms with E-state index in [2.05, 4.69) is 13.8 Å². The van der Waals surface area contributed by atoms with E-state index < -0.39 is 17.4 Å². The molecule has 0 bridgehead atoms. The first-order valence-corrected chi connectivity index (χ1v) is 10.6. The van der Waals surface area contributed by atoms with E-state index in [1.54, 1.807) is 0 Å². The number of carbonyl (C=O) groups excluding carboxylic acids is 3. The van der Waals surface area contributed by atoms with Crippen molar-refractivity contribution < 1.29 is 19.1 Å². The van der Waals surface area contributed by atoms with Crippen LogP contribution in [0.4, 0.5) is 0 Å². The summed E-state index contributed by atoms with van der Waals surface area (Å²) < 4.78 is 4.87. The Labute approximate surface area is 160 Å². The van der Waals surface area contributed by atoms with Gasteiger partial charge in [-0.3, -0.25) is 14.4 Å². The van der Waals surface area contributed by atoms with Gasteiger partial charge in [0.05, 0.1) is 0 Å². The molecule has 0 saturated heterocycles. The maximum atomic E-state index is 12.6. The second-order valence-electron chi connectivity index (χ2n) is 7.55. The van der Waals surface area contributed by atoms with Crippen molar-refractivity contribution in [1.29, 1.82) is 0 Å². The Bertz CT molecular complexity index is 398. The van der Waals surface area contributed by atoms with Crippen molar-refractivity contribution in [3.63, 3.8) is 0 Å². The Morgan fingerprint density at radius 1 is 0.654 bits per heavy atom. The minimum Gasteiger partial charge on any atom is -0.393 e. The number of hydrogen-bond acceptors (Lipinski definition) is 4. The van der Waals surface area contributed by atoms with E-state index in [-0.39, 0.29) is 5.78 Å². The van der Waals surface area contributed by atoms with Gasteiger partial charge >= 0.3 is 11.9 Å². The third-order valence-electron chi connectivity index (χ3n) is 5.22. The van der Waals surface area contributed by atoms with Crippen LogP contribution in [0.15, 0.2) is 0 Å². The molecule has 0 aliphatic heterocycles. The molecule has 26 heavy (non-hydrogen) atoms. The molecular weight excluding hydrogens is 328 g/mol. The lowest BCUT2D eigenvalue weighted by Gasteiger charge is -2.28. The van der Waals surface area contributed by atoms with Gasteiger partial charge in [0, 0.05) is 6.92 Å². The van der Waals surface area contributed by atoms with Crippen molar-refractivity contribution in [2.24, 2.45) is 5.41 Å². The van der Waals surface area contributed by atoms with Crippen LogP contribution in [0.5, 0.6) is 0 Å². The van der Waals surface area contributed by atoms with E-state index in [4.69, 9.17) is 4.74 Å². The number of esters is 2. The smallest absolute Gasteiger partial charge is 0.327 e. The van der Waals surface area contributed by atoms with Gasteiger partial charge in [0.2, 0.25) is 0 Å². The molecular formula is C22H40O4. The summed E-state index contributed by atoms with van der Waals surface area (Å²) in [5.41, 5.74) is -1.14. The fraction of sp³-hybridized carbons (Fsp3) is 0.864. The topological polar surface area (TPSA) is 60.4 Å². The predicted molar refractivity (Wildman–Crippen MR) is 106 cm³/mol. The largest absolute Gasteiger partial charge is 0.393 e. The SMILES string of the molecule is CCCCCCCCC(CCCCCCCC)(C(C)=O)C(=O)OC(C)=O. The molecule has 0 saturated carbocycles. The zero-order valence-corrected chi connectivity index (χ0v) is 17.5. The number of rotatable bonds is 16. The van der Waals surface area contributed by atoms with E-state index in [1.807, 2.05) is 0 Å². The molecule has 0 spiro atoms. The van der Waals surface area contributed by atoms with Crippen molar-refractivity contribution in [1.82, 2.24) is 0 Å². The molecule has 0 aliphatic rings. The Kier molecular flexibility index (Phi) is 14.2. The Morgan fingerprint density at radius 2 is 1.04 bits per heavy atom.